The van der Waals surface area contributed by atoms with Gasteiger partial charge in [0.15, 0.2) is 0 Å². The number of hydrogen-bond acceptors (Lipinski definition) is 1. The molecule has 2 aliphatic rings. The Balaban J connectivity index is 1.67. The first-order valence-electron chi connectivity index (χ1n) is 11.6. The van der Waals surface area contributed by atoms with Crippen molar-refractivity contribution >= 4 is 0 Å². The van der Waals surface area contributed by atoms with Crippen LogP contribution in [0, 0.1) is 29.5 Å². The smallest absolute Gasteiger partial charge is 0.124 e. The van der Waals surface area contributed by atoms with E-state index in [1.54, 1.807) is 18.2 Å². The molecule has 1 unspecified atom stereocenters. The Hall–Kier alpha value is -1.92. The first kappa shape index (κ1) is 22.8. The molecular weight excluding hydrogens is 378 g/mol. The number of halogens is 2. The number of rotatable bonds is 7. The molecule has 3 heteroatoms. The van der Waals surface area contributed by atoms with E-state index in [0.29, 0.717) is 23.7 Å². The number of unbranched alkanes of at least 4 members (excludes halogenated alkanes) is 2. The predicted molar refractivity (Wildman–Crippen MR) is 119 cm³/mol. The van der Waals surface area contributed by atoms with Gasteiger partial charge in [0.25, 0.3) is 0 Å². The minimum absolute atomic E-state index is 0.222. The van der Waals surface area contributed by atoms with Gasteiger partial charge in [-0.1, -0.05) is 69.4 Å². The largest absolute Gasteiger partial charge is 0.370 e. The van der Waals surface area contributed by atoms with Crippen LogP contribution in [0.1, 0.15) is 77.2 Å². The molecule has 0 aliphatic heterocycles. The van der Waals surface area contributed by atoms with E-state index in [9.17, 15) is 4.39 Å². The molecule has 1 fully saturated rings. The van der Waals surface area contributed by atoms with Crippen molar-refractivity contribution in [3.05, 3.63) is 59.2 Å². The Morgan fingerprint density at radius 3 is 2.53 bits per heavy atom. The molecule has 162 valence electrons. The van der Waals surface area contributed by atoms with Gasteiger partial charge in [-0.05, 0) is 55.9 Å². The Kier molecular flexibility index (Phi) is 8.28. The molecule has 1 aromatic rings. The number of benzene rings is 1. The maximum atomic E-state index is 15.1. The van der Waals surface area contributed by atoms with E-state index in [1.165, 1.54) is 50.7 Å². The number of hydrogen-bond donors (Lipinski definition) is 0. The average Bonchev–Trinajstić information content (AvgIpc) is 2.74. The van der Waals surface area contributed by atoms with Crippen LogP contribution in [0.25, 0.3) is 0 Å². The molecule has 0 amide bonds. The zero-order valence-corrected chi connectivity index (χ0v) is 18.4. The first-order chi connectivity index (χ1) is 14.6. The summed E-state index contributed by atoms with van der Waals surface area (Å²) < 4.78 is 34.6. The molecule has 2 aliphatic carbocycles. The van der Waals surface area contributed by atoms with E-state index in [4.69, 9.17) is 4.74 Å². The van der Waals surface area contributed by atoms with E-state index >= 15 is 4.39 Å². The van der Waals surface area contributed by atoms with Crippen LogP contribution in [0.5, 0.6) is 0 Å². The second-order valence-corrected chi connectivity index (χ2v) is 8.69. The van der Waals surface area contributed by atoms with Gasteiger partial charge >= 0.3 is 0 Å². The van der Waals surface area contributed by atoms with Crippen LogP contribution in [0.3, 0.4) is 0 Å². The summed E-state index contributed by atoms with van der Waals surface area (Å²) >= 11 is 0. The van der Waals surface area contributed by atoms with Crippen molar-refractivity contribution < 1.29 is 13.5 Å². The maximum absolute atomic E-state index is 15.1. The van der Waals surface area contributed by atoms with Gasteiger partial charge in [-0.15, -0.1) is 0 Å². The van der Waals surface area contributed by atoms with Crippen molar-refractivity contribution in [2.24, 2.45) is 11.8 Å². The van der Waals surface area contributed by atoms with Gasteiger partial charge in [0.1, 0.15) is 11.6 Å². The van der Waals surface area contributed by atoms with E-state index in [2.05, 4.69) is 18.8 Å². The molecule has 0 saturated heterocycles. The highest BCUT2D eigenvalue weighted by atomic mass is 19.1. The summed E-state index contributed by atoms with van der Waals surface area (Å²) in [6.07, 6.45) is 13.9. The van der Waals surface area contributed by atoms with Gasteiger partial charge in [-0.2, -0.15) is 0 Å². The quantitative estimate of drug-likeness (QED) is 0.332. The van der Waals surface area contributed by atoms with Crippen LogP contribution in [0.15, 0.2) is 47.8 Å². The minimum Gasteiger partial charge on any atom is -0.370 e. The highest BCUT2D eigenvalue weighted by molar-refractivity contribution is 5.49. The van der Waals surface area contributed by atoms with Crippen LogP contribution in [0.4, 0.5) is 8.78 Å². The summed E-state index contributed by atoms with van der Waals surface area (Å²) in [6.45, 7) is 4.79. The molecule has 1 saturated carbocycles. The molecule has 0 radical (unpaired) electrons. The summed E-state index contributed by atoms with van der Waals surface area (Å²) in [4.78, 5) is 0. The molecule has 0 N–H and O–H groups in total. The van der Waals surface area contributed by atoms with Crippen molar-refractivity contribution in [1.82, 2.24) is 0 Å². The van der Waals surface area contributed by atoms with Gasteiger partial charge in [0.2, 0.25) is 0 Å². The van der Waals surface area contributed by atoms with Gasteiger partial charge in [-0.3, -0.25) is 0 Å². The van der Waals surface area contributed by atoms with Crippen molar-refractivity contribution in [3.63, 3.8) is 0 Å². The van der Waals surface area contributed by atoms with E-state index in [1.807, 2.05) is 13.0 Å². The van der Waals surface area contributed by atoms with Crippen molar-refractivity contribution in [2.75, 3.05) is 6.61 Å². The molecule has 3 rings (SSSR count). The fourth-order valence-electron chi connectivity index (χ4n) is 4.92. The number of ether oxygens (including phenoxy) is 1. The summed E-state index contributed by atoms with van der Waals surface area (Å²) in [7, 11) is 0. The van der Waals surface area contributed by atoms with Crippen LogP contribution >= 0.6 is 0 Å². The normalized spacial score (nSPS) is 26.4. The zero-order chi connectivity index (χ0) is 21.4. The molecular formula is C27H34F2O. The van der Waals surface area contributed by atoms with Gasteiger partial charge in [-0.25, -0.2) is 8.78 Å². The van der Waals surface area contributed by atoms with Crippen LogP contribution in [-0.2, 0) is 4.74 Å². The van der Waals surface area contributed by atoms with Crippen LogP contribution < -0.4 is 0 Å². The predicted octanol–water partition coefficient (Wildman–Crippen LogP) is 7.52. The summed E-state index contributed by atoms with van der Waals surface area (Å²) in [6, 6.07) is 6.08. The SMILES string of the molecule is CCCCC[C@H]1CC[C@H](C2(OCC)C=CC(C#Cc3cccc(F)c3)=C(F)C2)CC1. The van der Waals surface area contributed by atoms with E-state index in [-0.39, 0.29) is 18.1 Å². The molecule has 0 bridgehead atoms. The van der Waals surface area contributed by atoms with Crippen molar-refractivity contribution in [2.45, 2.75) is 77.2 Å². The second kappa shape index (κ2) is 10.9. The second-order valence-electron chi connectivity index (χ2n) is 8.69. The summed E-state index contributed by atoms with van der Waals surface area (Å²) in [5.74, 6) is 6.35. The molecule has 30 heavy (non-hydrogen) atoms. The summed E-state index contributed by atoms with van der Waals surface area (Å²) in [5, 5.41) is 0. The lowest BCUT2D eigenvalue weighted by molar-refractivity contribution is -0.0632. The zero-order valence-electron chi connectivity index (χ0n) is 18.4. The lowest BCUT2D eigenvalue weighted by atomic mass is 9.69. The molecule has 1 nitrogen and oxygen atoms in total. The fourth-order valence-corrected chi connectivity index (χ4v) is 4.92. The third-order valence-electron chi connectivity index (χ3n) is 6.59. The Morgan fingerprint density at radius 1 is 1.07 bits per heavy atom. The van der Waals surface area contributed by atoms with Crippen LogP contribution in [-0.4, -0.2) is 12.2 Å². The van der Waals surface area contributed by atoms with Gasteiger partial charge < -0.3 is 4.74 Å². The monoisotopic (exact) mass is 412 g/mol. The van der Waals surface area contributed by atoms with E-state index < -0.39 is 5.60 Å². The third kappa shape index (κ3) is 5.82. The van der Waals surface area contributed by atoms with Gasteiger partial charge in [0, 0.05) is 18.6 Å². The summed E-state index contributed by atoms with van der Waals surface area (Å²) in [5.41, 5.74) is 0.367. The van der Waals surface area contributed by atoms with Gasteiger partial charge in [0.05, 0.1) is 11.2 Å². The molecule has 1 aromatic carbocycles. The van der Waals surface area contributed by atoms with Crippen LogP contribution in [0.2, 0.25) is 0 Å². The lowest BCUT2D eigenvalue weighted by Crippen LogP contribution is -2.42. The Bertz CT molecular complexity index is 821. The molecule has 0 heterocycles. The molecule has 0 aromatic heterocycles. The fraction of sp³-hybridized carbons (Fsp3) is 0.556. The Labute approximate surface area is 180 Å². The topological polar surface area (TPSA) is 9.23 Å². The lowest BCUT2D eigenvalue weighted by Gasteiger charge is -2.43. The van der Waals surface area contributed by atoms with Crippen molar-refractivity contribution in [1.29, 1.82) is 0 Å². The average molecular weight is 413 g/mol. The Morgan fingerprint density at radius 2 is 1.87 bits per heavy atom. The van der Waals surface area contributed by atoms with E-state index in [0.717, 1.165) is 18.8 Å². The van der Waals surface area contributed by atoms with Crippen molar-refractivity contribution in [3.8, 4) is 11.8 Å². The molecule has 0 spiro atoms. The number of allylic oxidation sites excluding steroid dienone is 2. The minimum atomic E-state index is -0.558. The first-order valence-corrected chi connectivity index (χ1v) is 11.6. The highest BCUT2D eigenvalue weighted by Gasteiger charge is 2.42. The molecule has 1 atom stereocenters. The standard InChI is InChI=1S/C27H34F2O/c1-3-5-6-8-21-12-15-24(16-13-21)27(30-4-2)18-17-23(26(29)20-27)14-11-22-9-7-10-25(28)19-22/h7,9-10,17-19,21,24H,3-6,8,12-13,15-16,20H2,1-2H3/t21-,24-,27?. The third-order valence-corrected chi connectivity index (χ3v) is 6.59. The highest BCUT2D eigenvalue weighted by Crippen LogP contribution is 2.45. The maximum Gasteiger partial charge on any atom is 0.124 e.